The Morgan fingerprint density at radius 2 is 1.72 bits per heavy atom. The summed E-state index contributed by atoms with van der Waals surface area (Å²) < 4.78 is 8.64. The van der Waals surface area contributed by atoms with Crippen molar-refractivity contribution in [3.8, 4) is 11.4 Å². The minimum atomic E-state index is -0.0801. The van der Waals surface area contributed by atoms with Gasteiger partial charge in [-0.25, -0.2) is 0 Å². The molecule has 1 saturated heterocycles. The molecule has 2 unspecified atom stereocenters. The summed E-state index contributed by atoms with van der Waals surface area (Å²) in [5, 5.41) is 4.32. The molecule has 5 nitrogen and oxygen atoms in total. The van der Waals surface area contributed by atoms with Gasteiger partial charge in [0.1, 0.15) is 5.75 Å². The molecular weight excluding hydrogens is 500 g/mol. The van der Waals surface area contributed by atoms with Gasteiger partial charge in [0.05, 0.1) is 23.9 Å². The largest absolute Gasteiger partial charge is 0.490 e. The zero-order chi connectivity index (χ0) is 26.9. The standard InChI is InChI=1S/C33H36N4OS/c1-4-24-11-5-8-15-30(24)36-22(2)21-28(23(36)3)32-31(29-14-9-10-20-34-29)35-33(39)37(32)25-16-18-27(19-17-25)38-26-12-6-7-13-26/h5,8-11,14-21,26,31-32H,4,6-7,12-13H2,1-3H3,(H,35,39). The molecule has 0 bridgehead atoms. The molecule has 1 N–H and O–H groups in total. The van der Waals surface area contributed by atoms with Gasteiger partial charge in [0, 0.05) is 29.0 Å². The van der Waals surface area contributed by atoms with Crippen LogP contribution >= 0.6 is 12.2 Å². The van der Waals surface area contributed by atoms with Crippen molar-refractivity contribution in [1.82, 2.24) is 14.9 Å². The lowest BCUT2D eigenvalue weighted by molar-refractivity contribution is 0.210. The van der Waals surface area contributed by atoms with Crippen LogP contribution in [0.1, 0.15) is 72.9 Å². The van der Waals surface area contributed by atoms with E-state index in [1.165, 1.54) is 41.0 Å². The second kappa shape index (κ2) is 10.9. The van der Waals surface area contributed by atoms with Crippen LogP contribution in [-0.2, 0) is 6.42 Å². The maximum Gasteiger partial charge on any atom is 0.174 e. The third-order valence-electron chi connectivity index (χ3n) is 8.22. The van der Waals surface area contributed by atoms with Gasteiger partial charge in [-0.2, -0.15) is 0 Å². The number of nitrogens with zero attached hydrogens (tertiary/aromatic N) is 3. The number of aryl methyl sites for hydroxylation is 2. The number of rotatable bonds is 7. The molecule has 1 aliphatic carbocycles. The molecule has 1 saturated carbocycles. The van der Waals surface area contributed by atoms with E-state index in [-0.39, 0.29) is 12.1 Å². The molecule has 0 radical (unpaired) electrons. The molecule has 2 atom stereocenters. The fourth-order valence-electron chi connectivity index (χ4n) is 6.32. The van der Waals surface area contributed by atoms with Crippen molar-refractivity contribution in [2.45, 2.75) is 71.1 Å². The fourth-order valence-corrected chi connectivity index (χ4v) is 6.66. The Labute approximate surface area is 236 Å². The normalized spacial score (nSPS) is 19.5. The number of hydrogen-bond donors (Lipinski definition) is 1. The van der Waals surface area contributed by atoms with Crippen molar-refractivity contribution in [2.75, 3.05) is 4.90 Å². The highest BCUT2D eigenvalue weighted by Crippen LogP contribution is 2.44. The van der Waals surface area contributed by atoms with E-state index in [0.29, 0.717) is 11.2 Å². The van der Waals surface area contributed by atoms with Crippen LogP contribution in [0.5, 0.6) is 5.75 Å². The molecule has 200 valence electrons. The van der Waals surface area contributed by atoms with Gasteiger partial charge in [-0.3, -0.25) is 4.98 Å². The molecule has 3 heterocycles. The first kappa shape index (κ1) is 25.6. The van der Waals surface area contributed by atoms with Crippen molar-refractivity contribution < 1.29 is 4.74 Å². The molecule has 0 spiro atoms. The summed E-state index contributed by atoms with van der Waals surface area (Å²) in [5.41, 5.74) is 8.28. The summed E-state index contributed by atoms with van der Waals surface area (Å²) in [6.07, 6.45) is 7.98. The number of anilines is 1. The summed E-state index contributed by atoms with van der Waals surface area (Å²) in [5.74, 6) is 0.927. The smallest absolute Gasteiger partial charge is 0.174 e. The summed E-state index contributed by atoms with van der Waals surface area (Å²) in [4.78, 5) is 7.00. The van der Waals surface area contributed by atoms with Crippen molar-refractivity contribution >= 4 is 23.0 Å². The monoisotopic (exact) mass is 536 g/mol. The molecule has 0 amide bonds. The van der Waals surface area contributed by atoms with Crippen LogP contribution < -0.4 is 15.0 Å². The van der Waals surface area contributed by atoms with Gasteiger partial charge in [-0.05, 0) is 118 Å². The number of aromatic nitrogens is 2. The molecule has 2 fully saturated rings. The number of benzene rings is 2. The van der Waals surface area contributed by atoms with E-state index in [0.717, 1.165) is 36.4 Å². The Bertz CT molecular complexity index is 1460. The van der Waals surface area contributed by atoms with E-state index >= 15 is 0 Å². The zero-order valence-corrected chi connectivity index (χ0v) is 23.7. The molecule has 39 heavy (non-hydrogen) atoms. The van der Waals surface area contributed by atoms with E-state index in [2.05, 4.69) is 96.2 Å². The lowest BCUT2D eigenvalue weighted by Gasteiger charge is -2.28. The number of para-hydroxylation sites is 1. The first-order chi connectivity index (χ1) is 19.0. The van der Waals surface area contributed by atoms with Gasteiger partial charge in [0.2, 0.25) is 0 Å². The van der Waals surface area contributed by atoms with E-state index in [1.54, 1.807) is 0 Å². The maximum absolute atomic E-state index is 6.25. The molecule has 2 aromatic carbocycles. The third kappa shape index (κ3) is 4.82. The van der Waals surface area contributed by atoms with E-state index < -0.39 is 0 Å². The van der Waals surface area contributed by atoms with Crippen LogP contribution in [0.25, 0.3) is 5.69 Å². The number of pyridine rings is 1. The average molecular weight is 537 g/mol. The van der Waals surface area contributed by atoms with Gasteiger partial charge in [-0.15, -0.1) is 0 Å². The fraction of sp³-hybridized carbons (Fsp3) is 0.333. The van der Waals surface area contributed by atoms with Crippen LogP contribution in [0.4, 0.5) is 5.69 Å². The molecule has 1 aliphatic heterocycles. The zero-order valence-electron chi connectivity index (χ0n) is 22.9. The SMILES string of the molecule is CCc1ccccc1-n1c(C)cc(C2C(c3ccccn3)NC(=S)N2c2ccc(OC3CCCC3)cc2)c1C. The van der Waals surface area contributed by atoms with E-state index in [9.17, 15) is 0 Å². The van der Waals surface area contributed by atoms with Crippen LogP contribution in [0, 0.1) is 13.8 Å². The van der Waals surface area contributed by atoms with Crippen molar-refractivity contribution in [3.63, 3.8) is 0 Å². The van der Waals surface area contributed by atoms with Gasteiger partial charge < -0.3 is 19.5 Å². The minimum Gasteiger partial charge on any atom is -0.490 e. The topological polar surface area (TPSA) is 42.3 Å². The highest BCUT2D eigenvalue weighted by Gasteiger charge is 2.42. The van der Waals surface area contributed by atoms with Gasteiger partial charge in [-0.1, -0.05) is 31.2 Å². The first-order valence-electron chi connectivity index (χ1n) is 14.1. The van der Waals surface area contributed by atoms with Crippen LogP contribution in [0.2, 0.25) is 0 Å². The molecule has 2 aromatic heterocycles. The molecule has 2 aliphatic rings. The summed E-state index contributed by atoms with van der Waals surface area (Å²) in [7, 11) is 0. The number of hydrogen-bond acceptors (Lipinski definition) is 3. The Morgan fingerprint density at radius 1 is 0.974 bits per heavy atom. The van der Waals surface area contributed by atoms with Crippen molar-refractivity contribution in [3.05, 3.63) is 107 Å². The maximum atomic E-state index is 6.25. The molecule has 6 rings (SSSR count). The lowest BCUT2D eigenvalue weighted by atomic mass is 9.96. The first-order valence-corrected chi connectivity index (χ1v) is 14.5. The van der Waals surface area contributed by atoms with E-state index in [4.69, 9.17) is 21.9 Å². The third-order valence-corrected chi connectivity index (χ3v) is 8.53. The Morgan fingerprint density at radius 3 is 2.44 bits per heavy atom. The van der Waals surface area contributed by atoms with Crippen LogP contribution in [0.15, 0.2) is 79.0 Å². The summed E-state index contributed by atoms with van der Waals surface area (Å²) >= 11 is 5.99. The summed E-state index contributed by atoms with van der Waals surface area (Å²) in [6, 6.07) is 25.4. The van der Waals surface area contributed by atoms with Gasteiger partial charge in [0.15, 0.2) is 5.11 Å². The Kier molecular flexibility index (Phi) is 7.13. The van der Waals surface area contributed by atoms with Crippen LogP contribution in [-0.4, -0.2) is 20.8 Å². The summed E-state index contributed by atoms with van der Waals surface area (Å²) in [6.45, 7) is 6.63. The predicted octanol–water partition coefficient (Wildman–Crippen LogP) is 7.55. The highest BCUT2D eigenvalue weighted by atomic mass is 32.1. The number of ether oxygens (including phenoxy) is 1. The van der Waals surface area contributed by atoms with Crippen molar-refractivity contribution in [2.24, 2.45) is 0 Å². The van der Waals surface area contributed by atoms with Gasteiger partial charge in [0.25, 0.3) is 0 Å². The van der Waals surface area contributed by atoms with E-state index in [1.807, 2.05) is 18.3 Å². The number of thiocarbonyl (C=S) groups is 1. The molecule has 6 heteroatoms. The second-order valence-corrected chi connectivity index (χ2v) is 11.0. The molecule has 4 aromatic rings. The van der Waals surface area contributed by atoms with Crippen molar-refractivity contribution in [1.29, 1.82) is 0 Å². The Hall–Kier alpha value is -3.64. The minimum absolute atomic E-state index is 0.0530. The number of nitrogens with one attached hydrogen (secondary N) is 1. The lowest BCUT2D eigenvalue weighted by Crippen LogP contribution is -2.29. The quantitative estimate of drug-likeness (QED) is 0.247. The predicted molar refractivity (Wildman–Crippen MR) is 162 cm³/mol. The highest BCUT2D eigenvalue weighted by molar-refractivity contribution is 7.80. The van der Waals surface area contributed by atoms with Crippen LogP contribution in [0.3, 0.4) is 0 Å². The molecular formula is C33H36N4OS. The van der Waals surface area contributed by atoms with Gasteiger partial charge >= 0.3 is 0 Å². The average Bonchev–Trinajstić information content (AvgIpc) is 3.67. The Balaban J connectivity index is 1.42. The second-order valence-electron chi connectivity index (χ2n) is 10.7.